The zero-order chi connectivity index (χ0) is 9.19. The van der Waals surface area contributed by atoms with Crippen molar-refractivity contribution in [3.8, 4) is 0 Å². The summed E-state index contributed by atoms with van der Waals surface area (Å²) in [6, 6.07) is 0. The summed E-state index contributed by atoms with van der Waals surface area (Å²) in [5.41, 5.74) is 1.23. The summed E-state index contributed by atoms with van der Waals surface area (Å²) < 4.78 is 1.85. The molecule has 0 fully saturated rings. The van der Waals surface area contributed by atoms with Crippen LogP contribution in [-0.4, -0.2) is 39.5 Å². The van der Waals surface area contributed by atoms with Crippen LogP contribution in [0.2, 0.25) is 0 Å². The zero-order valence-corrected chi connectivity index (χ0v) is 9.06. The molecule has 0 radical (unpaired) electrons. The van der Waals surface area contributed by atoms with Gasteiger partial charge < -0.3 is 0 Å². The smallest absolute Gasteiger partial charge is 0.0725 e. The van der Waals surface area contributed by atoms with Crippen molar-refractivity contribution in [3.63, 3.8) is 0 Å². The summed E-state index contributed by atoms with van der Waals surface area (Å²) >= 11 is 0. The van der Waals surface area contributed by atoms with Gasteiger partial charge in [0.25, 0.3) is 0 Å². The van der Waals surface area contributed by atoms with Gasteiger partial charge in [0.05, 0.1) is 11.9 Å². The topological polar surface area (TPSA) is 30.7 Å². The van der Waals surface area contributed by atoms with Gasteiger partial charge >= 0.3 is 0 Å². The molecule has 0 N–H and O–H groups in total. The molecule has 1 aromatic heterocycles. The van der Waals surface area contributed by atoms with Gasteiger partial charge in [0.1, 0.15) is 0 Å². The van der Waals surface area contributed by atoms with E-state index in [4.69, 9.17) is 0 Å². The normalized spacial score (nSPS) is 13.3. The predicted octanol–water partition coefficient (Wildman–Crippen LogP) is 1.05. The molecule has 70 valence electrons. The van der Waals surface area contributed by atoms with Crippen LogP contribution < -0.4 is 0 Å². The summed E-state index contributed by atoms with van der Waals surface area (Å²) in [4.78, 5) is 0. The summed E-state index contributed by atoms with van der Waals surface area (Å²) in [6.45, 7) is 0. The number of rotatable bonds is 3. The van der Waals surface area contributed by atoms with Crippen molar-refractivity contribution in [2.45, 2.75) is 6.42 Å². The Morgan fingerprint density at radius 2 is 2.08 bits per heavy atom. The Labute approximate surface area is 75.5 Å². The Bertz CT molecular complexity index is 249. The van der Waals surface area contributed by atoms with Gasteiger partial charge in [0.2, 0.25) is 0 Å². The summed E-state index contributed by atoms with van der Waals surface area (Å²) in [5.74, 6) is 1.26. The van der Waals surface area contributed by atoms with Crippen LogP contribution in [0.4, 0.5) is 0 Å². The van der Waals surface area contributed by atoms with Crippen LogP contribution in [0.1, 0.15) is 5.69 Å². The number of aryl methyl sites for hydroxylation is 2. The molecule has 12 heavy (non-hydrogen) atoms. The molecule has 0 atom stereocenters. The molecule has 1 rings (SSSR count). The van der Waals surface area contributed by atoms with Crippen molar-refractivity contribution >= 4 is 10.0 Å². The van der Waals surface area contributed by atoms with Crippen molar-refractivity contribution in [3.05, 3.63) is 11.9 Å². The molecular weight excluding hydrogens is 170 g/mol. The third kappa shape index (κ3) is 2.85. The maximum atomic E-state index is 3.89. The minimum atomic E-state index is -0.386. The Morgan fingerprint density at radius 3 is 2.50 bits per heavy atom. The monoisotopic (exact) mass is 187 g/mol. The predicted molar refractivity (Wildman–Crippen MR) is 54.9 cm³/mol. The minimum Gasteiger partial charge on any atom is -0.252 e. The highest BCUT2D eigenvalue weighted by Crippen LogP contribution is 2.34. The van der Waals surface area contributed by atoms with E-state index in [1.807, 2.05) is 17.9 Å². The summed E-state index contributed by atoms with van der Waals surface area (Å²) in [5, 5.41) is 7.74. The molecule has 0 unspecified atom stereocenters. The molecule has 0 aromatic carbocycles. The summed E-state index contributed by atoms with van der Waals surface area (Å²) in [6.07, 6.45) is 9.94. The SMILES string of the molecule is Cn1nncc1CCS(C)(C)C. The minimum absolute atomic E-state index is 0.386. The van der Waals surface area contributed by atoms with E-state index in [0.717, 1.165) is 6.42 Å². The van der Waals surface area contributed by atoms with Crippen LogP contribution in [-0.2, 0) is 13.5 Å². The molecule has 0 saturated heterocycles. The number of aromatic nitrogens is 3. The van der Waals surface area contributed by atoms with Crippen LogP contribution in [0.3, 0.4) is 0 Å². The molecule has 0 aliphatic heterocycles. The van der Waals surface area contributed by atoms with E-state index in [0.29, 0.717) is 0 Å². The first-order chi connectivity index (χ1) is 5.49. The molecule has 0 aliphatic carbocycles. The first kappa shape index (κ1) is 9.58. The second-order valence-electron chi connectivity index (χ2n) is 3.89. The Morgan fingerprint density at radius 1 is 1.42 bits per heavy atom. The van der Waals surface area contributed by atoms with Crippen LogP contribution >= 0.6 is 10.0 Å². The average Bonchev–Trinajstić information content (AvgIpc) is 2.29. The maximum Gasteiger partial charge on any atom is 0.0725 e. The first-order valence-corrected chi connectivity index (χ1v) is 7.01. The fraction of sp³-hybridized carbons (Fsp3) is 0.750. The van der Waals surface area contributed by atoms with Gasteiger partial charge in [-0.15, -0.1) is 5.10 Å². The molecule has 1 heterocycles. The van der Waals surface area contributed by atoms with Crippen LogP contribution in [0, 0.1) is 0 Å². The lowest BCUT2D eigenvalue weighted by Crippen LogP contribution is -2.05. The lowest BCUT2D eigenvalue weighted by Gasteiger charge is -2.24. The van der Waals surface area contributed by atoms with E-state index in [9.17, 15) is 0 Å². The highest BCUT2D eigenvalue weighted by molar-refractivity contribution is 8.32. The van der Waals surface area contributed by atoms with Gasteiger partial charge in [0.15, 0.2) is 0 Å². The third-order valence-corrected chi connectivity index (χ3v) is 3.21. The van der Waals surface area contributed by atoms with Gasteiger partial charge in [-0.3, -0.25) is 4.68 Å². The van der Waals surface area contributed by atoms with Crippen LogP contribution in [0.15, 0.2) is 6.20 Å². The fourth-order valence-corrected chi connectivity index (χ4v) is 1.77. The Balaban J connectivity index is 2.49. The number of hydrogen-bond acceptors (Lipinski definition) is 2. The summed E-state index contributed by atoms with van der Waals surface area (Å²) in [7, 11) is 1.56. The highest BCUT2D eigenvalue weighted by Gasteiger charge is 2.06. The molecule has 0 aliphatic rings. The average molecular weight is 187 g/mol. The fourth-order valence-electron chi connectivity index (χ4n) is 0.948. The van der Waals surface area contributed by atoms with Crippen molar-refractivity contribution in [2.24, 2.45) is 7.05 Å². The second-order valence-corrected chi connectivity index (χ2v) is 8.48. The lowest BCUT2D eigenvalue weighted by atomic mass is 10.4. The molecule has 0 amide bonds. The lowest BCUT2D eigenvalue weighted by molar-refractivity contribution is 0.683. The van der Waals surface area contributed by atoms with Gasteiger partial charge in [-0.2, -0.15) is 0 Å². The molecule has 1 aromatic rings. The molecule has 0 saturated carbocycles. The van der Waals surface area contributed by atoms with Crippen LogP contribution in [0.5, 0.6) is 0 Å². The van der Waals surface area contributed by atoms with E-state index >= 15 is 0 Å². The quantitative estimate of drug-likeness (QED) is 0.708. The Kier molecular flexibility index (Phi) is 2.77. The number of hydrogen-bond donors (Lipinski definition) is 0. The van der Waals surface area contributed by atoms with E-state index in [2.05, 4.69) is 29.1 Å². The van der Waals surface area contributed by atoms with E-state index in [1.54, 1.807) is 0 Å². The number of nitrogens with zero attached hydrogens (tertiary/aromatic N) is 3. The first-order valence-electron chi connectivity index (χ1n) is 3.98. The van der Waals surface area contributed by atoms with E-state index in [-0.39, 0.29) is 10.0 Å². The highest BCUT2D eigenvalue weighted by atomic mass is 32.3. The van der Waals surface area contributed by atoms with E-state index in [1.165, 1.54) is 11.4 Å². The van der Waals surface area contributed by atoms with Crippen LogP contribution in [0.25, 0.3) is 0 Å². The van der Waals surface area contributed by atoms with Gasteiger partial charge in [-0.25, -0.2) is 10.0 Å². The van der Waals surface area contributed by atoms with Crippen molar-refractivity contribution in [2.75, 3.05) is 24.5 Å². The zero-order valence-electron chi connectivity index (χ0n) is 8.24. The van der Waals surface area contributed by atoms with Crippen molar-refractivity contribution in [1.29, 1.82) is 0 Å². The largest absolute Gasteiger partial charge is 0.252 e. The molecule has 0 bridgehead atoms. The molecule has 3 nitrogen and oxygen atoms in total. The molecular formula is C8H17N3S. The van der Waals surface area contributed by atoms with Gasteiger partial charge in [0, 0.05) is 7.05 Å². The molecule has 4 heteroatoms. The maximum absolute atomic E-state index is 3.89. The Hall–Kier alpha value is -0.510. The van der Waals surface area contributed by atoms with Gasteiger partial charge in [-0.1, -0.05) is 5.21 Å². The van der Waals surface area contributed by atoms with E-state index < -0.39 is 0 Å². The standard InChI is InChI=1S/C8H17N3S/c1-11-8(7-9-10-11)5-6-12(2,3)4/h7H,5-6H2,1-4H3. The van der Waals surface area contributed by atoms with Crippen molar-refractivity contribution in [1.82, 2.24) is 15.0 Å². The van der Waals surface area contributed by atoms with Gasteiger partial charge in [-0.05, 0) is 30.9 Å². The molecule has 0 spiro atoms. The third-order valence-electron chi connectivity index (χ3n) is 1.78. The van der Waals surface area contributed by atoms with Crippen molar-refractivity contribution < 1.29 is 0 Å². The second kappa shape index (κ2) is 3.47.